The Morgan fingerprint density at radius 2 is 2.19 bits per heavy atom. The summed E-state index contributed by atoms with van der Waals surface area (Å²) in [5.41, 5.74) is 0.594. The van der Waals surface area contributed by atoms with Crippen molar-refractivity contribution in [2.75, 3.05) is 7.11 Å². The van der Waals surface area contributed by atoms with Gasteiger partial charge < -0.3 is 14.8 Å². The molecule has 1 amide bonds. The topological polar surface area (TPSA) is 64.6 Å². The summed E-state index contributed by atoms with van der Waals surface area (Å²) in [6.45, 7) is 9.10. The van der Waals surface area contributed by atoms with Crippen molar-refractivity contribution in [3.8, 4) is 0 Å². The number of allylic oxidation sites excluding steroid dienone is 1. The van der Waals surface area contributed by atoms with Gasteiger partial charge in [-0.15, -0.1) is 6.58 Å². The number of ether oxygens (including phenoxy) is 2. The Hall–Kier alpha value is -1.62. The van der Waals surface area contributed by atoms with E-state index in [1.54, 1.807) is 6.08 Å². The smallest absolute Gasteiger partial charge is 0.333 e. The van der Waals surface area contributed by atoms with Crippen LogP contribution in [0.2, 0.25) is 0 Å². The highest BCUT2D eigenvalue weighted by Gasteiger charge is 2.36. The number of amides is 1. The predicted octanol–water partition coefficient (Wildman–Crippen LogP) is 1.98. The molecule has 0 fully saturated rings. The molecule has 0 radical (unpaired) electrons. The Morgan fingerprint density at radius 1 is 1.52 bits per heavy atom. The molecule has 0 heterocycles. The number of carbonyl (C=O) groups excluding carboxylic acids is 2. The standard InChI is InChI=1S/C16H25NO4/c1-6-7-12-8-13(16(19)20-5)9-14(21-10(2)3)15(12)17-11(4)18/h6,8,10,12,14-15H,1,7,9H2,2-5H3,(H,17,18)/t12-,14+,15+/m0/s1. The molecule has 0 saturated carbocycles. The third-order valence-corrected chi connectivity index (χ3v) is 3.40. The minimum Gasteiger partial charge on any atom is -0.466 e. The maximum Gasteiger partial charge on any atom is 0.333 e. The first-order valence-electron chi connectivity index (χ1n) is 7.21. The lowest BCUT2D eigenvalue weighted by Crippen LogP contribution is -2.51. The Morgan fingerprint density at radius 3 is 2.67 bits per heavy atom. The van der Waals surface area contributed by atoms with E-state index in [0.717, 1.165) is 0 Å². The molecule has 1 rings (SSSR count). The van der Waals surface area contributed by atoms with Crippen LogP contribution in [0.5, 0.6) is 0 Å². The van der Waals surface area contributed by atoms with Crippen LogP contribution < -0.4 is 5.32 Å². The zero-order valence-corrected chi connectivity index (χ0v) is 13.2. The number of carbonyl (C=O) groups is 2. The van der Waals surface area contributed by atoms with Gasteiger partial charge in [0.1, 0.15) is 0 Å². The van der Waals surface area contributed by atoms with Crippen LogP contribution >= 0.6 is 0 Å². The van der Waals surface area contributed by atoms with Gasteiger partial charge in [-0.25, -0.2) is 4.79 Å². The predicted molar refractivity (Wildman–Crippen MR) is 80.6 cm³/mol. The van der Waals surface area contributed by atoms with Crippen LogP contribution in [0.15, 0.2) is 24.3 Å². The van der Waals surface area contributed by atoms with Crippen LogP contribution in [-0.4, -0.2) is 37.2 Å². The lowest BCUT2D eigenvalue weighted by molar-refractivity contribution is -0.137. The van der Waals surface area contributed by atoms with E-state index in [0.29, 0.717) is 18.4 Å². The third-order valence-electron chi connectivity index (χ3n) is 3.40. The molecule has 0 spiro atoms. The Bertz CT molecular complexity index is 428. The van der Waals surface area contributed by atoms with E-state index in [1.807, 2.05) is 19.9 Å². The maximum absolute atomic E-state index is 11.8. The largest absolute Gasteiger partial charge is 0.466 e. The molecule has 0 aromatic carbocycles. The Balaban J connectivity index is 3.07. The minimum absolute atomic E-state index is 0.00707. The van der Waals surface area contributed by atoms with Gasteiger partial charge in [-0.2, -0.15) is 0 Å². The molecule has 5 nitrogen and oxygen atoms in total. The van der Waals surface area contributed by atoms with Crippen molar-refractivity contribution in [1.82, 2.24) is 5.32 Å². The van der Waals surface area contributed by atoms with Gasteiger partial charge >= 0.3 is 5.97 Å². The number of nitrogens with one attached hydrogen (secondary N) is 1. The molecule has 118 valence electrons. The van der Waals surface area contributed by atoms with E-state index >= 15 is 0 Å². The molecule has 0 aromatic rings. The number of methoxy groups -OCH3 is 1. The van der Waals surface area contributed by atoms with Gasteiger partial charge in [-0.3, -0.25) is 4.79 Å². The van der Waals surface area contributed by atoms with Gasteiger partial charge in [-0.1, -0.05) is 12.2 Å². The molecular formula is C16H25NO4. The van der Waals surface area contributed by atoms with Crippen molar-refractivity contribution < 1.29 is 19.1 Å². The first kappa shape index (κ1) is 17.4. The van der Waals surface area contributed by atoms with E-state index < -0.39 is 0 Å². The van der Waals surface area contributed by atoms with Gasteiger partial charge in [0, 0.05) is 24.8 Å². The third kappa shape index (κ3) is 5.01. The zero-order chi connectivity index (χ0) is 16.0. The summed E-state index contributed by atoms with van der Waals surface area (Å²) < 4.78 is 10.7. The lowest BCUT2D eigenvalue weighted by atomic mass is 9.81. The van der Waals surface area contributed by atoms with Crippen LogP contribution in [0.4, 0.5) is 0 Å². The Kier molecular flexibility index (Phi) is 6.62. The van der Waals surface area contributed by atoms with E-state index in [9.17, 15) is 9.59 Å². The first-order chi connectivity index (χ1) is 9.88. The van der Waals surface area contributed by atoms with Gasteiger partial charge in [0.15, 0.2) is 0 Å². The molecule has 5 heteroatoms. The number of rotatable bonds is 6. The van der Waals surface area contributed by atoms with Gasteiger partial charge in [-0.05, 0) is 20.3 Å². The number of esters is 1. The second-order valence-corrected chi connectivity index (χ2v) is 5.53. The van der Waals surface area contributed by atoms with Crippen LogP contribution in [-0.2, 0) is 19.1 Å². The van der Waals surface area contributed by atoms with Crippen LogP contribution in [0, 0.1) is 5.92 Å². The second kappa shape index (κ2) is 7.98. The highest BCUT2D eigenvalue weighted by Crippen LogP contribution is 2.30. The SMILES string of the molecule is C=CC[C@H]1C=C(C(=O)OC)C[C@@H](OC(C)C)[C@@H]1NC(C)=O. The fourth-order valence-corrected chi connectivity index (χ4v) is 2.66. The molecule has 0 saturated heterocycles. The summed E-state index contributed by atoms with van der Waals surface area (Å²) in [6, 6.07) is -0.170. The van der Waals surface area contributed by atoms with Crippen molar-refractivity contribution in [3.05, 3.63) is 24.3 Å². The quantitative estimate of drug-likeness (QED) is 0.601. The first-order valence-corrected chi connectivity index (χ1v) is 7.21. The normalized spacial score (nSPS) is 25.2. The van der Waals surface area contributed by atoms with E-state index in [4.69, 9.17) is 9.47 Å². The molecule has 1 aliphatic rings. The van der Waals surface area contributed by atoms with Gasteiger partial charge in [0.05, 0.1) is 25.4 Å². The summed E-state index contributed by atoms with van der Waals surface area (Å²) in [5.74, 6) is -0.484. The summed E-state index contributed by atoms with van der Waals surface area (Å²) in [6.07, 6.45) is 4.50. The molecule has 1 N–H and O–H groups in total. The highest BCUT2D eigenvalue weighted by atomic mass is 16.5. The fraction of sp³-hybridized carbons (Fsp3) is 0.625. The molecule has 0 unspecified atom stereocenters. The molecule has 0 aromatic heterocycles. The number of hydrogen-bond donors (Lipinski definition) is 1. The summed E-state index contributed by atoms with van der Waals surface area (Å²) in [5, 5.41) is 2.94. The van der Waals surface area contributed by atoms with Gasteiger partial charge in [0.2, 0.25) is 5.91 Å². The van der Waals surface area contributed by atoms with E-state index in [2.05, 4.69) is 11.9 Å². The molecule has 0 aliphatic heterocycles. The molecule has 3 atom stereocenters. The van der Waals surface area contributed by atoms with Crippen LogP contribution in [0.1, 0.15) is 33.6 Å². The summed E-state index contributed by atoms with van der Waals surface area (Å²) in [7, 11) is 1.36. The lowest BCUT2D eigenvalue weighted by Gasteiger charge is -2.37. The Labute approximate surface area is 126 Å². The molecule has 1 aliphatic carbocycles. The zero-order valence-electron chi connectivity index (χ0n) is 13.2. The summed E-state index contributed by atoms with van der Waals surface area (Å²) >= 11 is 0. The van der Waals surface area contributed by atoms with E-state index in [-0.39, 0.29) is 36.0 Å². The molecule has 21 heavy (non-hydrogen) atoms. The fourth-order valence-electron chi connectivity index (χ4n) is 2.66. The van der Waals surface area contributed by atoms with Gasteiger partial charge in [0.25, 0.3) is 0 Å². The molecular weight excluding hydrogens is 270 g/mol. The highest BCUT2D eigenvalue weighted by molar-refractivity contribution is 5.88. The van der Waals surface area contributed by atoms with Crippen molar-refractivity contribution in [3.63, 3.8) is 0 Å². The number of hydrogen-bond acceptors (Lipinski definition) is 4. The van der Waals surface area contributed by atoms with E-state index in [1.165, 1.54) is 14.0 Å². The average molecular weight is 295 g/mol. The van der Waals surface area contributed by atoms with Crippen LogP contribution in [0.3, 0.4) is 0 Å². The molecule has 0 bridgehead atoms. The van der Waals surface area contributed by atoms with Crippen molar-refractivity contribution in [2.45, 2.75) is 51.9 Å². The summed E-state index contributed by atoms with van der Waals surface area (Å²) in [4.78, 5) is 23.3. The second-order valence-electron chi connectivity index (χ2n) is 5.53. The minimum atomic E-state index is -0.345. The van der Waals surface area contributed by atoms with Crippen LogP contribution in [0.25, 0.3) is 0 Å². The van der Waals surface area contributed by atoms with Crippen molar-refractivity contribution in [2.24, 2.45) is 5.92 Å². The monoisotopic (exact) mass is 295 g/mol. The van der Waals surface area contributed by atoms with Crippen molar-refractivity contribution >= 4 is 11.9 Å². The van der Waals surface area contributed by atoms with Crippen molar-refractivity contribution in [1.29, 1.82) is 0 Å². The maximum atomic E-state index is 11.8. The average Bonchev–Trinajstić information content (AvgIpc) is 2.40.